The summed E-state index contributed by atoms with van der Waals surface area (Å²) in [5.74, 6) is -0.803. The van der Waals surface area contributed by atoms with Gasteiger partial charge in [0, 0.05) is 13.1 Å². The molecular weight excluding hydrogens is 451 g/mol. The van der Waals surface area contributed by atoms with Gasteiger partial charge in [0.15, 0.2) is 0 Å². The molecule has 0 saturated carbocycles. The summed E-state index contributed by atoms with van der Waals surface area (Å²) in [4.78, 5) is 39.4. The summed E-state index contributed by atoms with van der Waals surface area (Å²) in [6, 6.07) is 5.10. The Balaban J connectivity index is 2.06. The molecule has 2 aromatic rings. The molecule has 10 heteroatoms. The number of halogens is 2. The number of rotatable bonds is 5. The van der Waals surface area contributed by atoms with Crippen LogP contribution in [0, 0.1) is 0 Å². The van der Waals surface area contributed by atoms with Crippen molar-refractivity contribution in [1.29, 1.82) is 0 Å². The van der Waals surface area contributed by atoms with Crippen LogP contribution < -0.4 is 14.8 Å². The number of esters is 1. The number of ether oxygens (including phenoxy) is 2. The maximum Gasteiger partial charge on any atom is 0.333 e. The third-order valence-corrected chi connectivity index (χ3v) is 6.28. The average Bonchev–Trinajstić information content (AvgIpc) is 3.01. The molecule has 1 aliphatic rings. The van der Waals surface area contributed by atoms with Gasteiger partial charge in [-0.1, -0.05) is 35.3 Å². The van der Waals surface area contributed by atoms with Crippen LogP contribution in [-0.4, -0.2) is 54.3 Å². The summed E-state index contributed by atoms with van der Waals surface area (Å²) in [5, 5.41) is 0.682. The second-order valence-electron chi connectivity index (χ2n) is 6.37. The topological polar surface area (TPSA) is 77.8 Å². The Morgan fingerprint density at radius 3 is 2.70 bits per heavy atom. The zero-order valence-corrected chi connectivity index (χ0v) is 18.6. The number of hydrogen-bond donors (Lipinski definition) is 0. The van der Waals surface area contributed by atoms with Crippen molar-refractivity contribution >= 4 is 58.6 Å². The number of nitrogens with zero attached hydrogens (tertiary/aromatic N) is 2. The van der Waals surface area contributed by atoms with Crippen molar-refractivity contribution in [3.8, 4) is 0 Å². The fourth-order valence-corrected chi connectivity index (χ4v) is 4.28. The molecule has 3 rings (SSSR count). The molecular formula is C20H20Cl2N2O5S. The van der Waals surface area contributed by atoms with Crippen LogP contribution in [0.3, 0.4) is 0 Å². The number of hydrogen-bond acceptors (Lipinski definition) is 6. The molecule has 1 aromatic carbocycles. The molecule has 0 bridgehead atoms. The molecule has 30 heavy (non-hydrogen) atoms. The molecule has 0 spiro atoms. The Labute approximate surface area is 186 Å². The summed E-state index contributed by atoms with van der Waals surface area (Å²) >= 11 is 13.4. The summed E-state index contributed by atoms with van der Waals surface area (Å²) in [7, 11) is 0. The van der Waals surface area contributed by atoms with E-state index in [1.807, 2.05) is 0 Å². The lowest BCUT2D eigenvalue weighted by Crippen LogP contribution is -2.45. The van der Waals surface area contributed by atoms with E-state index in [0.29, 0.717) is 51.1 Å². The van der Waals surface area contributed by atoms with E-state index in [-0.39, 0.29) is 19.1 Å². The molecule has 1 saturated heterocycles. The van der Waals surface area contributed by atoms with Gasteiger partial charge in [0.1, 0.15) is 11.2 Å². The van der Waals surface area contributed by atoms with Crippen molar-refractivity contribution in [2.75, 3.05) is 32.9 Å². The number of amides is 1. The van der Waals surface area contributed by atoms with Crippen molar-refractivity contribution in [1.82, 2.24) is 9.47 Å². The van der Waals surface area contributed by atoms with E-state index in [9.17, 15) is 14.4 Å². The van der Waals surface area contributed by atoms with Crippen molar-refractivity contribution in [2.45, 2.75) is 13.5 Å². The SMILES string of the molecule is CCOC(=O)C=c1sc(=Cc2cccc(Cl)c2Cl)c(=O)n1CC(=O)N1CCOCC1. The highest BCUT2D eigenvalue weighted by Crippen LogP contribution is 2.25. The Kier molecular flexibility index (Phi) is 7.71. The van der Waals surface area contributed by atoms with E-state index in [1.54, 1.807) is 36.1 Å². The monoisotopic (exact) mass is 470 g/mol. The van der Waals surface area contributed by atoms with Gasteiger partial charge in [0.25, 0.3) is 5.56 Å². The number of benzene rings is 1. The summed E-state index contributed by atoms with van der Waals surface area (Å²) in [6.07, 6.45) is 2.82. The lowest BCUT2D eigenvalue weighted by molar-refractivity contribution is -0.136. The van der Waals surface area contributed by atoms with E-state index in [1.165, 1.54) is 10.6 Å². The number of thiazole rings is 1. The Hall–Kier alpha value is -2.13. The predicted octanol–water partition coefficient (Wildman–Crippen LogP) is 1.25. The fourth-order valence-electron chi connectivity index (χ4n) is 2.90. The molecule has 0 radical (unpaired) electrons. The first-order chi connectivity index (χ1) is 14.4. The number of carbonyl (C=O) groups excluding carboxylic acids is 2. The zero-order valence-electron chi connectivity index (χ0n) is 16.2. The molecule has 1 aromatic heterocycles. The van der Waals surface area contributed by atoms with Crippen LogP contribution in [0.15, 0.2) is 23.0 Å². The highest BCUT2D eigenvalue weighted by molar-refractivity contribution is 7.07. The molecule has 1 aliphatic heterocycles. The predicted molar refractivity (Wildman–Crippen MR) is 116 cm³/mol. The minimum absolute atomic E-state index is 0.183. The summed E-state index contributed by atoms with van der Waals surface area (Å²) in [6.45, 7) is 3.55. The molecule has 7 nitrogen and oxygen atoms in total. The van der Waals surface area contributed by atoms with Gasteiger partial charge >= 0.3 is 5.97 Å². The number of aromatic nitrogens is 1. The minimum atomic E-state index is -0.585. The average molecular weight is 471 g/mol. The minimum Gasteiger partial charge on any atom is -0.463 e. The van der Waals surface area contributed by atoms with Gasteiger partial charge in [-0.05, 0) is 24.6 Å². The highest BCUT2D eigenvalue weighted by atomic mass is 35.5. The van der Waals surface area contributed by atoms with E-state index < -0.39 is 11.5 Å². The second kappa shape index (κ2) is 10.3. The fraction of sp³-hybridized carbons (Fsp3) is 0.350. The molecule has 0 atom stereocenters. The summed E-state index contributed by atoms with van der Waals surface area (Å²) < 4.78 is 12.2. The van der Waals surface area contributed by atoms with Gasteiger partial charge in [0.2, 0.25) is 5.91 Å². The Bertz CT molecular complexity index is 1120. The van der Waals surface area contributed by atoms with Crippen molar-refractivity contribution in [3.63, 3.8) is 0 Å². The van der Waals surface area contributed by atoms with Crippen molar-refractivity contribution in [2.24, 2.45) is 0 Å². The maximum atomic E-state index is 13.0. The largest absolute Gasteiger partial charge is 0.463 e. The first kappa shape index (κ1) is 22.6. The van der Waals surface area contributed by atoms with E-state index >= 15 is 0 Å². The lowest BCUT2D eigenvalue weighted by atomic mass is 10.2. The van der Waals surface area contributed by atoms with Gasteiger partial charge in [-0.15, -0.1) is 11.3 Å². The molecule has 0 N–H and O–H groups in total. The van der Waals surface area contributed by atoms with Crippen LogP contribution in [0.2, 0.25) is 10.0 Å². The van der Waals surface area contributed by atoms with Crippen LogP contribution in [0.5, 0.6) is 0 Å². The number of morpholine rings is 1. The molecule has 1 amide bonds. The summed E-state index contributed by atoms with van der Waals surface area (Å²) in [5.41, 5.74) is 0.171. The zero-order chi connectivity index (χ0) is 21.7. The highest BCUT2D eigenvalue weighted by Gasteiger charge is 2.19. The van der Waals surface area contributed by atoms with Gasteiger partial charge in [0.05, 0.1) is 40.5 Å². The first-order valence-corrected chi connectivity index (χ1v) is 10.9. The van der Waals surface area contributed by atoms with Crippen LogP contribution >= 0.6 is 34.5 Å². The van der Waals surface area contributed by atoms with Gasteiger partial charge in [-0.3, -0.25) is 14.2 Å². The molecule has 0 aliphatic carbocycles. The molecule has 1 fully saturated rings. The molecule has 0 unspecified atom stereocenters. The van der Waals surface area contributed by atoms with E-state index in [4.69, 9.17) is 32.7 Å². The molecule has 2 heterocycles. The van der Waals surface area contributed by atoms with Crippen LogP contribution in [0.4, 0.5) is 0 Å². The van der Waals surface area contributed by atoms with Crippen molar-refractivity contribution < 1.29 is 19.1 Å². The lowest BCUT2D eigenvalue weighted by Gasteiger charge is -2.26. The maximum absolute atomic E-state index is 13.0. The van der Waals surface area contributed by atoms with E-state index in [2.05, 4.69) is 0 Å². The Morgan fingerprint density at radius 2 is 2.00 bits per heavy atom. The third kappa shape index (κ3) is 5.31. The molecule has 160 valence electrons. The van der Waals surface area contributed by atoms with Crippen LogP contribution in [0.25, 0.3) is 12.2 Å². The normalized spacial score (nSPS) is 15.5. The van der Waals surface area contributed by atoms with Crippen LogP contribution in [0.1, 0.15) is 12.5 Å². The standard InChI is InChI=1S/C20H20Cl2N2O5S/c1-2-29-18(26)11-17-24(12-16(25)23-6-8-28-9-7-23)20(27)15(30-17)10-13-4-3-5-14(21)19(13)22/h3-5,10-11H,2,6-9,12H2,1H3. The van der Waals surface area contributed by atoms with Gasteiger partial charge < -0.3 is 14.4 Å². The van der Waals surface area contributed by atoms with Gasteiger partial charge in [-0.2, -0.15) is 0 Å². The smallest absolute Gasteiger partial charge is 0.333 e. The van der Waals surface area contributed by atoms with E-state index in [0.717, 1.165) is 11.3 Å². The third-order valence-electron chi connectivity index (χ3n) is 4.39. The first-order valence-electron chi connectivity index (χ1n) is 9.30. The van der Waals surface area contributed by atoms with Crippen molar-refractivity contribution in [3.05, 3.63) is 53.4 Å². The Morgan fingerprint density at radius 1 is 1.27 bits per heavy atom. The second-order valence-corrected chi connectivity index (χ2v) is 8.22. The van der Waals surface area contributed by atoms with Gasteiger partial charge in [-0.25, -0.2) is 4.79 Å². The van der Waals surface area contributed by atoms with Crippen LogP contribution in [-0.2, 0) is 25.6 Å². The quantitative estimate of drug-likeness (QED) is 0.614. The number of carbonyl (C=O) groups is 2.